The number of aliphatic imine (C=N–C) groups is 1. The number of likely N-dealkylation sites (tertiary alicyclic amines) is 1. The minimum absolute atomic E-state index is 0.259. The minimum atomic E-state index is 0.259. The lowest BCUT2D eigenvalue weighted by Gasteiger charge is -2.18. The van der Waals surface area contributed by atoms with Crippen molar-refractivity contribution in [2.75, 3.05) is 32.8 Å². The fraction of sp³-hybridized carbons (Fsp3) is 0.636. The summed E-state index contributed by atoms with van der Waals surface area (Å²) in [6, 6.07) is 8.27. The molecule has 0 aromatic heterocycles. The Morgan fingerprint density at radius 2 is 1.93 bits per heavy atom. The predicted octanol–water partition coefficient (Wildman–Crippen LogP) is 3.07. The fourth-order valence-electron chi connectivity index (χ4n) is 3.18. The van der Waals surface area contributed by atoms with Crippen LogP contribution in [-0.4, -0.2) is 49.6 Å². The molecule has 0 saturated carbocycles. The average Bonchev–Trinajstić information content (AvgIpc) is 3.11. The molecule has 1 aliphatic rings. The third-order valence-electron chi connectivity index (χ3n) is 4.80. The van der Waals surface area contributed by atoms with Gasteiger partial charge in [0.15, 0.2) is 5.96 Å². The molecule has 1 aromatic carbocycles. The number of nitrogens with zero attached hydrogens (tertiary/aromatic N) is 2. The van der Waals surface area contributed by atoms with Crippen LogP contribution in [0.3, 0.4) is 0 Å². The number of hydrogen-bond donors (Lipinski definition) is 2. The van der Waals surface area contributed by atoms with Crippen LogP contribution in [0.1, 0.15) is 57.1 Å². The van der Waals surface area contributed by atoms with Crippen molar-refractivity contribution in [2.45, 2.75) is 59.0 Å². The molecule has 0 unspecified atom stereocenters. The molecule has 0 aliphatic carbocycles. The second-order valence-electron chi connectivity index (χ2n) is 7.13. The number of carbonyl (C=O) groups is 1. The van der Waals surface area contributed by atoms with Crippen LogP contribution >= 0.6 is 0 Å². The molecule has 0 bridgehead atoms. The third-order valence-corrected chi connectivity index (χ3v) is 4.80. The van der Waals surface area contributed by atoms with Gasteiger partial charge in [-0.15, -0.1) is 0 Å². The van der Waals surface area contributed by atoms with E-state index in [4.69, 9.17) is 9.73 Å². The Labute approximate surface area is 169 Å². The highest BCUT2D eigenvalue weighted by molar-refractivity contribution is 5.79. The standard InChI is InChI=1S/C22H36N4O2/c1-3-5-15-28-16-9-13-24-22(23-4-2)25-17-19-10-6-7-11-20(19)18-26-14-8-12-21(26)27/h6-7,10-11H,3-5,8-9,12-18H2,1-2H3,(H2,23,24,25). The maximum Gasteiger partial charge on any atom is 0.222 e. The number of carbonyl (C=O) groups excluding carboxylic acids is 1. The van der Waals surface area contributed by atoms with Crippen molar-refractivity contribution in [1.29, 1.82) is 0 Å². The number of benzene rings is 1. The molecule has 2 rings (SSSR count). The van der Waals surface area contributed by atoms with Gasteiger partial charge in [0.25, 0.3) is 0 Å². The first-order chi connectivity index (χ1) is 13.7. The first-order valence-corrected chi connectivity index (χ1v) is 10.7. The lowest BCUT2D eigenvalue weighted by atomic mass is 10.1. The normalized spacial score (nSPS) is 14.6. The van der Waals surface area contributed by atoms with Gasteiger partial charge in [-0.25, -0.2) is 4.99 Å². The molecule has 156 valence electrons. The molecular weight excluding hydrogens is 352 g/mol. The van der Waals surface area contributed by atoms with Crippen LogP contribution in [0.2, 0.25) is 0 Å². The van der Waals surface area contributed by atoms with Crippen molar-refractivity contribution in [1.82, 2.24) is 15.5 Å². The number of guanidine groups is 1. The zero-order valence-corrected chi connectivity index (χ0v) is 17.5. The summed E-state index contributed by atoms with van der Waals surface area (Å²) in [6.45, 7) is 9.67. The van der Waals surface area contributed by atoms with Crippen molar-refractivity contribution in [3.8, 4) is 0 Å². The number of ether oxygens (including phenoxy) is 1. The van der Waals surface area contributed by atoms with Gasteiger partial charge in [0.1, 0.15) is 0 Å². The van der Waals surface area contributed by atoms with E-state index >= 15 is 0 Å². The summed E-state index contributed by atoms with van der Waals surface area (Å²) < 4.78 is 5.60. The number of rotatable bonds is 12. The fourth-order valence-corrected chi connectivity index (χ4v) is 3.18. The van der Waals surface area contributed by atoms with Crippen LogP contribution in [0.5, 0.6) is 0 Å². The second kappa shape index (κ2) is 13.2. The Balaban J connectivity index is 1.85. The highest BCUT2D eigenvalue weighted by atomic mass is 16.5. The summed E-state index contributed by atoms with van der Waals surface area (Å²) in [6.07, 6.45) is 4.90. The van der Waals surface area contributed by atoms with E-state index < -0.39 is 0 Å². The van der Waals surface area contributed by atoms with Gasteiger partial charge < -0.3 is 20.3 Å². The maximum atomic E-state index is 11.9. The van der Waals surface area contributed by atoms with Crippen molar-refractivity contribution in [3.05, 3.63) is 35.4 Å². The molecule has 1 heterocycles. The molecule has 0 atom stereocenters. The molecule has 1 saturated heterocycles. The van der Waals surface area contributed by atoms with Gasteiger partial charge in [0.05, 0.1) is 6.54 Å². The topological polar surface area (TPSA) is 66.0 Å². The summed E-state index contributed by atoms with van der Waals surface area (Å²) in [5, 5.41) is 6.67. The van der Waals surface area contributed by atoms with Gasteiger partial charge in [-0.1, -0.05) is 37.6 Å². The first-order valence-electron chi connectivity index (χ1n) is 10.7. The van der Waals surface area contributed by atoms with Crippen LogP contribution < -0.4 is 10.6 Å². The Kier molecular flexibility index (Phi) is 10.4. The SMILES string of the molecule is CCCCOCCCNC(=NCc1ccccc1CN1CCCC1=O)NCC. The smallest absolute Gasteiger partial charge is 0.222 e. The molecule has 0 spiro atoms. The van der Waals surface area contributed by atoms with E-state index in [0.717, 1.165) is 58.1 Å². The minimum Gasteiger partial charge on any atom is -0.381 e. The highest BCUT2D eigenvalue weighted by Crippen LogP contribution is 2.17. The Bertz CT molecular complexity index is 618. The van der Waals surface area contributed by atoms with E-state index in [-0.39, 0.29) is 5.91 Å². The van der Waals surface area contributed by atoms with Crippen molar-refractivity contribution in [2.24, 2.45) is 4.99 Å². The van der Waals surface area contributed by atoms with Crippen molar-refractivity contribution >= 4 is 11.9 Å². The van der Waals surface area contributed by atoms with Crippen LogP contribution in [0.4, 0.5) is 0 Å². The van der Waals surface area contributed by atoms with Crippen molar-refractivity contribution in [3.63, 3.8) is 0 Å². The molecular formula is C22H36N4O2. The van der Waals surface area contributed by atoms with Crippen molar-refractivity contribution < 1.29 is 9.53 Å². The maximum absolute atomic E-state index is 11.9. The molecule has 6 nitrogen and oxygen atoms in total. The van der Waals surface area contributed by atoms with Gasteiger partial charge in [-0.3, -0.25) is 4.79 Å². The molecule has 1 amide bonds. The van der Waals surface area contributed by atoms with E-state index in [9.17, 15) is 4.79 Å². The van der Waals surface area contributed by atoms with Crippen LogP contribution in [-0.2, 0) is 22.6 Å². The summed E-state index contributed by atoms with van der Waals surface area (Å²) in [4.78, 5) is 18.6. The summed E-state index contributed by atoms with van der Waals surface area (Å²) >= 11 is 0. The first kappa shape index (κ1) is 22.2. The number of hydrogen-bond acceptors (Lipinski definition) is 3. The van der Waals surface area contributed by atoms with Gasteiger partial charge in [0, 0.05) is 45.8 Å². The quantitative estimate of drug-likeness (QED) is 0.328. The van der Waals surface area contributed by atoms with E-state index in [2.05, 4.69) is 36.6 Å². The van der Waals surface area contributed by atoms with Gasteiger partial charge >= 0.3 is 0 Å². The van der Waals surface area contributed by atoms with Gasteiger partial charge in [-0.2, -0.15) is 0 Å². The molecule has 1 aliphatic heterocycles. The lowest BCUT2D eigenvalue weighted by molar-refractivity contribution is -0.128. The summed E-state index contributed by atoms with van der Waals surface area (Å²) in [7, 11) is 0. The Hall–Kier alpha value is -2.08. The van der Waals surface area contributed by atoms with Gasteiger partial charge in [0.2, 0.25) is 5.91 Å². The van der Waals surface area contributed by atoms with E-state index in [1.807, 2.05) is 17.0 Å². The van der Waals surface area contributed by atoms with Crippen LogP contribution in [0.25, 0.3) is 0 Å². The van der Waals surface area contributed by atoms with E-state index in [0.29, 0.717) is 19.5 Å². The monoisotopic (exact) mass is 388 g/mol. The molecule has 0 radical (unpaired) electrons. The molecule has 6 heteroatoms. The lowest BCUT2D eigenvalue weighted by Crippen LogP contribution is -2.38. The zero-order valence-electron chi connectivity index (χ0n) is 17.5. The number of amides is 1. The molecule has 28 heavy (non-hydrogen) atoms. The van der Waals surface area contributed by atoms with Crippen LogP contribution in [0, 0.1) is 0 Å². The predicted molar refractivity (Wildman–Crippen MR) is 114 cm³/mol. The average molecular weight is 389 g/mol. The summed E-state index contributed by atoms with van der Waals surface area (Å²) in [5.41, 5.74) is 2.35. The third kappa shape index (κ3) is 7.89. The second-order valence-corrected chi connectivity index (χ2v) is 7.13. The highest BCUT2D eigenvalue weighted by Gasteiger charge is 2.20. The zero-order chi connectivity index (χ0) is 20.0. The summed E-state index contributed by atoms with van der Waals surface area (Å²) in [5.74, 6) is 1.08. The molecule has 2 N–H and O–H groups in total. The van der Waals surface area contributed by atoms with Crippen LogP contribution in [0.15, 0.2) is 29.3 Å². The van der Waals surface area contributed by atoms with E-state index in [1.165, 1.54) is 17.5 Å². The molecule has 1 aromatic rings. The molecule has 1 fully saturated rings. The van der Waals surface area contributed by atoms with Gasteiger partial charge in [-0.05, 0) is 37.3 Å². The van der Waals surface area contributed by atoms with E-state index in [1.54, 1.807) is 0 Å². The number of nitrogens with one attached hydrogen (secondary N) is 2. The Morgan fingerprint density at radius 1 is 1.14 bits per heavy atom. The largest absolute Gasteiger partial charge is 0.381 e. The number of unbranched alkanes of at least 4 members (excludes halogenated alkanes) is 1. The Morgan fingerprint density at radius 3 is 2.64 bits per heavy atom.